The van der Waals surface area contributed by atoms with Crippen LogP contribution in [0.2, 0.25) is 0 Å². The Labute approximate surface area is 140 Å². The van der Waals surface area contributed by atoms with Gasteiger partial charge < -0.3 is 15.0 Å². The summed E-state index contributed by atoms with van der Waals surface area (Å²) in [5.74, 6) is -2.04. The number of halogens is 2. The van der Waals surface area contributed by atoms with Crippen LogP contribution in [0.15, 0.2) is 22.7 Å². The molecule has 23 heavy (non-hydrogen) atoms. The second kappa shape index (κ2) is 5.96. The molecule has 1 aliphatic rings. The van der Waals surface area contributed by atoms with Gasteiger partial charge in [-0.15, -0.1) is 0 Å². The number of benzene rings is 1. The van der Waals surface area contributed by atoms with Crippen molar-refractivity contribution in [3.05, 3.63) is 34.2 Å². The molecule has 0 saturated carbocycles. The lowest BCUT2D eigenvalue weighted by atomic mass is 9.90. The van der Waals surface area contributed by atoms with Crippen molar-refractivity contribution in [2.24, 2.45) is 11.8 Å². The van der Waals surface area contributed by atoms with Gasteiger partial charge in [0.15, 0.2) is 0 Å². The summed E-state index contributed by atoms with van der Waals surface area (Å²) in [6.45, 7) is 2.61. The number of fused-ring (bicyclic) bond motifs is 1. The highest BCUT2D eigenvalue weighted by molar-refractivity contribution is 9.10. The standard InChI is InChI=1S/C16H16BrFN2O3/c1-8-2-9(16(22)23)7-20(6-8)15(21)14-5-11-12(18)3-10(17)4-13(11)19-14/h3-5,8-9,19H,2,6-7H2,1H3,(H,22,23). The number of aromatic amines is 1. The van der Waals surface area contributed by atoms with Crippen molar-refractivity contribution in [1.29, 1.82) is 0 Å². The summed E-state index contributed by atoms with van der Waals surface area (Å²) < 4.78 is 14.5. The largest absolute Gasteiger partial charge is 0.481 e. The number of carboxylic acid groups (broad SMARTS) is 1. The topological polar surface area (TPSA) is 73.4 Å². The molecule has 1 fully saturated rings. The fourth-order valence-corrected chi connectivity index (χ4v) is 3.57. The Balaban J connectivity index is 1.90. The minimum absolute atomic E-state index is 0.115. The third-order valence-electron chi connectivity index (χ3n) is 4.18. The summed E-state index contributed by atoms with van der Waals surface area (Å²) in [6, 6.07) is 4.52. The first-order valence-electron chi connectivity index (χ1n) is 7.35. The van der Waals surface area contributed by atoms with Crippen LogP contribution in [0, 0.1) is 17.7 Å². The molecule has 0 spiro atoms. The first-order valence-corrected chi connectivity index (χ1v) is 8.14. The number of nitrogens with zero attached hydrogens (tertiary/aromatic N) is 1. The van der Waals surface area contributed by atoms with Crippen LogP contribution in [-0.2, 0) is 4.79 Å². The molecule has 0 bridgehead atoms. The van der Waals surface area contributed by atoms with Gasteiger partial charge >= 0.3 is 5.97 Å². The number of carbonyl (C=O) groups is 2. The molecule has 2 heterocycles. The van der Waals surface area contributed by atoms with Crippen LogP contribution in [-0.4, -0.2) is 40.0 Å². The number of carboxylic acids is 1. The molecule has 0 aliphatic carbocycles. The van der Waals surface area contributed by atoms with Crippen molar-refractivity contribution in [2.75, 3.05) is 13.1 Å². The number of hydrogen-bond acceptors (Lipinski definition) is 2. The smallest absolute Gasteiger partial charge is 0.308 e. The molecule has 2 aromatic rings. The highest BCUT2D eigenvalue weighted by Gasteiger charge is 2.32. The summed E-state index contributed by atoms with van der Waals surface area (Å²) in [4.78, 5) is 28.3. The molecule has 1 aliphatic heterocycles. The molecule has 1 amide bonds. The lowest BCUT2D eigenvalue weighted by Gasteiger charge is -2.34. The summed E-state index contributed by atoms with van der Waals surface area (Å²) in [5.41, 5.74) is 0.801. The molecule has 5 nitrogen and oxygen atoms in total. The van der Waals surface area contributed by atoms with Crippen molar-refractivity contribution < 1.29 is 19.1 Å². The van der Waals surface area contributed by atoms with Gasteiger partial charge in [-0.2, -0.15) is 0 Å². The fraction of sp³-hybridized carbons (Fsp3) is 0.375. The van der Waals surface area contributed by atoms with Crippen molar-refractivity contribution in [3.63, 3.8) is 0 Å². The lowest BCUT2D eigenvalue weighted by Crippen LogP contribution is -2.45. The fourth-order valence-electron chi connectivity index (χ4n) is 3.14. The maximum atomic E-state index is 13.9. The monoisotopic (exact) mass is 382 g/mol. The molecular formula is C16H16BrFN2O3. The molecule has 2 atom stereocenters. The van der Waals surface area contributed by atoms with Gasteiger partial charge in [0, 0.05) is 22.9 Å². The lowest BCUT2D eigenvalue weighted by molar-refractivity contribution is -0.143. The first kappa shape index (κ1) is 16.0. The average molecular weight is 383 g/mol. The number of rotatable bonds is 2. The van der Waals surface area contributed by atoms with E-state index in [4.69, 9.17) is 0 Å². The molecule has 7 heteroatoms. The van der Waals surface area contributed by atoms with E-state index in [1.54, 1.807) is 6.07 Å². The van der Waals surface area contributed by atoms with Crippen LogP contribution in [0.25, 0.3) is 10.9 Å². The van der Waals surface area contributed by atoms with Gasteiger partial charge in [-0.05, 0) is 30.5 Å². The second-order valence-electron chi connectivity index (χ2n) is 6.12. The first-order chi connectivity index (χ1) is 10.8. The van der Waals surface area contributed by atoms with Crippen molar-refractivity contribution in [1.82, 2.24) is 9.88 Å². The summed E-state index contributed by atoms with van der Waals surface area (Å²) in [6.07, 6.45) is 0.563. The van der Waals surface area contributed by atoms with Crippen LogP contribution in [0.3, 0.4) is 0 Å². The quantitative estimate of drug-likeness (QED) is 0.836. The molecule has 2 N–H and O–H groups in total. The Morgan fingerprint density at radius 3 is 2.78 bits per heavy atom. The Kier molecular flexibility index (Phi) is 4.14. The van der Waals surface area contributed by atoms with E-state index in [-0.39, 0.29) is 24.1 Å². The van der Waals surface area contributed by atoms with E-state index in [0.29, 0.717) is 28.3 Å². The Morgan fingerprint density at radius 1 is 1.35 bits per heavy atom. The van der Waals surface area contributed by atoms with Crippen LogP contribution in [0.5, 0.6) is 0 Å². The maximum Gasteiger partial charge on any atom is 0.308 e. The van der Waals surface area contributed by atoms with E-state index in [0.717, 1.165) is 0 Å². The average Bonchev–Trinajstić information content (AvgIpc) is 2.89. The molecule has 1 aromatic carbocycles. The zero-order chi connectivity index (χ0) is 16.7. The highest BCUT2D eigenvalue weighted by atomic mass is 79.9. The number of piperidine rings is 1. The van der Waals surface area contributed by atoms with Crippen molar-refractivity contribution >= 4 is 38.7 Å². The van der Waals surface area contributed by atoms with Gasteiger partial charge in [-0.25, -0.2) is 4.39 Å². The highest BCUT2D eigenvalue weighted by Crippen LogP contribution is 2.27. The van der Waals surface area contributed by atoms with Crippen LogP contribution in [0.1, 0.15) is 23.8 Å². The van der Waals surface area contributed by atoms with E-state index < -0.39 is 17.7 Å². The van der Waals surface area contributed by atoms with Crippen molar-refractivity contribution in [3.8, 4) is 0 Å². The molecule has 1 aromatic heterocycles. The second-order valence-corrected chi connectivity index (χ2v) is 7.03. The van der Waals surface area contributed by atoms with Gasteiger partial charge in [-0.1, -0.05) is 22.9 Å². The van der Waals surface area contributed by atoms with E-state index >= 15 is 0 Å². The van der Waals surface area contributed by atoms with Crippen molar-refractivity contribution in [2.45, 2.75) is 13.3 Å². The van der Waals surface area contributed by atoms with Gasteiger partial charge in [-0.3, -0.25) is 9.59 Å². The molecule has 122 valence electrons. The van der Waals surface area contributed by atoms with Crippen LogP contribution < -0.4 is 0 Å². The molecule has 3 rings (SSSR count). The molecule has 2 unspecified atom stereocenters. The van der Waals surface area contributed by atoms with Gasteiger partial charge in [0.25, 0.3) is 5.91 Å². The molecule has 1 saturated heterocycles. The van der Waals surface area contributed by atoms with Crippen LogP contribution in [0.4, 0.5) is 4.39 Å². The van der Waals surface area contributed by atoms with Gasteiger partial charge in [0.05, 0.1) is 11.4 Å². The number of amides is 1. The predicted octanol–water partition coefficient (Wildman–Crippen LogP) is 3.25. The van der Waals surface area contributed by atoms with E-state index in [9.17, 15) is 19.1 Å². The minimum Gasteiger partial charge on any atom is -0.481 e. The van der Waals surface area contributed by atoms with Crippen LogP contribution >= 0.6 is 15.9 Å². The van der Waals surface area contributed by atoms with E-state index in [1.807, 2.05) is 6.92 Å². The number of carbonyl (C=O) groups excluding carboxylic acids is 1. The zero-order valence-corrected chi connectivity index (χ0v) is 14.1. The Morgan fingerprint density at radius 2 is 2.09 bits per heavy atom. The minimum atomic E-state index is -0.888. The number of likely N-dealkylation sites (tertiary alicyclic amines) is 1. The van der Waals surface area contributed by atoms with Gasteiger partial charge in [0.1, 0.15) is 11.5 Å². The third-order valence-corrected chi connectivity index (χ3v) is 4.64. The summed E-state index contributed by atoms with van der Waals surface area (Å²) >= 11 is 3.22. The number of H-pyrrole nitrogens is 1. The predicted molar refractivity (Wildman–Crippen MR) is 86.8 cm³/mol. The molecular weight excluding hydrogens is 367 g/mol. The van der Waals surface area contributed by atoms with E-state index in [2.05, 4.69) is 20.9 Å². The SMILES string of the molecule is CC1CC(C(=O)O)CN(C(=O)c2cc3c(F)cc(Br)cc3[nH]2)C1. The Bertz CT molecular complexity index is 789. The van der Waals surface area contributed by atoms with E-state index in [1.165, 1.54) is 17.0 Å². The summed E-state index contributed by atoms with van der Waals surface area (Å²) in [7, 11) is 0. The zero-order valence-electron chi connectivity index (χ0n) is 12.5. The summed E-state index contributed by atoms with van der Waals surface area (Å²) in [5, 5.41) is 9.55. The number of hydrogen-bond donors (Lipinski definition) is 2. The number of aliphatic carboxylic acids is 1. The normalized spacial score (nSPS) is 21.6. The number of aromatic nitrogens is 1. The van der Waals surface area contributed by atoms with Gasteiger partial charge in [0.2, 0.25) is 0 Å². The third kappa shape index (κ3) is 3.10. The Hall–Kier alpha value is -1.89. The number of nitrogens with one attached hydrogen (secondary N) is 1. The molecule has 0 radical (unpaired) electrons. The maximum absolute atomic E-state index is 13.9.